The Morgan fingerprint density at radius 2 is 2.31 bits per heavy atom. The molecule has 0 saturated carbocycles. The molecule has 0 bridgehead atoms. The fourth-order valence-corrected chi connectivity index (χ4v) is 1.92. The highest BCUT2D eigenvalue weighted by molar-refractivity contribution is 8.68. The molecule has 0 aromatic heterocycles. The molecule has 0 amide bonds. The van der Waals surface area contributed by atoms with Gasteiger partial charge in [0.2, 0.25) is 0 Å². The molecular weight excluding hydrogens is 202 g/mol. The van der Waals surface area contributed by atoms with Crippen molar-refractivity contribution in [3.63, 3.8) is 0 Å². The molecule has 0 radical (unpaired) electrons. The van der Waals surface area contributed by atoms with Crippen molar-refractivity contribution in [3.8, 4) is 0 Å². The molecule has 2 N–H and O–H groups in total. The summed E-state index contributed by atoms with van der Waals surface area (Å²) in [6, 6.07) is 5.94. The Balaban J connectivity index is 2.40. The second-order valence-electron chi connectivity index (χ2n) is 2.79. The highest BCUT2D eigenvalue weighted by Gasteiger charge is 2.09. The van der Waals surface area contributed by atoms with Crippen LogP contribution in [-0.4, -0.2) is 11.3 Å². The topological polar surface area (TPSA) is 32.3 Å². The van der Waals surface area contributed by atoms with E-state index >= 15 is 0 Å². The first kappa shape index (κ1) is 8.99. The summed E-state index contributed by atoms with van der Waals surface area (Å²) in [6.07, 6.45) is 3.06. The molecule has 4 heteroatoms. The number of rotatable bonds is 1. The summed E-state index contributed by atoms with van der Waals surface area (Å²) in [5.74, 6) is 0. The highest BCUT2D eigenvalue weighted by Crippen LogP contribution is 2.29. The maximum Gasteiger partial charge on any atom is 0.144 e. The van der Waals surface area contributed by atoms with Crippen molar-refractivity contribution in [2.75, 3.05) is 5.32 Å². The molecule has 1 aliphatic rings. The summed E-state index contributed by atoms with van der Waals surface area (Å²) < 4.78 is 0. The average molecular weight is 211 g/mol. The van der Waals surface area contributed by atoms with E-state index in [-0.39, 0.29) is 0 Å². The monoisotopic (exact) mass is 211 g/mol. The maximum atomic E-state index is 9.26. The minimum Gasteiger partial charge on any atom is -0.370 e. The van der Waals surface area contributed by atoms with Gasteiger partial charge in [0.15, 0.2) is 0 Å². The first-order valence-electron chi connectivity index (χ1n) is 3.88. The van der Waals surface area contributed by atoms with Crippen LogP contribution in [0.1, 0.15) is 5.56 Å². The lowest BCUT2D eigenvalue weighted by atomic mass is 10.1. The number of aliphatic hydroxyl groups is 1. The largest absolute Gasteiger partial charge is 0.370 e. The van der Waals surface area contributed by atoms with Crippen LogP contribution in [0.25, 0.3) is 6.08 Å². The van der Waals surface area contributed by atoms with E-state index in [0.717, 1.165) is 16.1 Å². The third-order valence-corrected chi connectivity index (χ3v) is 2.99. The van der Waals surface area contributed by atoms with Gasteiger partial charge in [-0.05, 0) is 29.8 Å². The minimum atomic E-state index is -0.568. The van der Waals surface area contributed by atoms with Crippen molar-refractivity contribution >= 4 is 34.2 Å². The molecular formula is C9H9NOS2. The zero-order valence-electron chi connectivity index (χ0n) is 6.77. The van der Waals surface area contributed by atoms with Crippen LogP contribution >= 0.6 is 22.5 Å². The lowest BCUT2D eigenvalue weighted by Crippen LogP contribution is -2.18. The van der Waals surface area contributed by atoms with E-state index in [1.165, 1.54) is 10.8 Å². The molecule has 68 valence electrons. The molecule has 2 rings (SSSR count). The van der Waals surface area contributed by atoms with Crippen LogP contribution in [0, 0.1) is 0 Å². The van der Waals surface area contributed by atoms with Gasteiger partial charge in [-0.1, -0.05) is 16.9 Å². The number of thiol groups is 1. The van der Waals surface area contributed by atoms with Gasteiger partial charge in [-0.25, -0.2) is 0 Å². The molecule has 1 heterocycles. The Kier molecular flexibility index (Phi) is 2.53. The van der Waals surface area contributed by atoms with E-state index in [2.05, 4.69) is 17.0 Å². The molecule has 1 aliphatic heterocycles. The predicted molar refractivity (Wildman–Crippen MR) is 59.9 cm³/mol. The summed E-state index contributed by atoms with van der Waals surface area (Å²) in [5, 5.41) is 12.2. The summed E-state index contributed by atoms with van der Waals surface area (Å²) in [4.78, 5) is 1.10. The third-order valence-electron chi connectivity index (χ3n) is 1.89. The minimum absolute atomic E-state index is 0.568. The summed E-state index contributed by atoms with van der Waals surface area (Å²) in [5.41, 5.74) is 2.05. The van der Waals surface area contributed by atoms with Gasteiger partial charge in [0.25, 0.3) is 0 Å². The first-order chi connectivity index (χ1) is 6.29. The Bertz CT molecular complexity index is 351. The van der Waals surface area contributed by atoms with Crippen LogP contribution in [0.15, 0.2) is 29.2 Å². The van der Waals surface area contributed by atoms with Crippen molar-refractivity contribution in [1.29, 1.82) is 0 Å². The molecule has 0 fully saturated rings. The predicted octanol–water partition coefficient (Wildman–Crippen LogP) is 2.38. The molecule has 1 unspecified atom stereocenters. The smallest absolute Gasteiger partial charge is 0.144 e. The summed E-state index contributed by atoms with van der Waals surface area (Å²) >= 11 is 4.12. The number of anilines is 1. The van der Waals surface area contributed by atoms with Crippen LogP contribution in [0.5, 0.6) is 0 Å². The number of nitrogens with one attached hydrogen (secondary N) is 1. The van der Waals surface area contributed by atoms with Crippen LogP contribution in [0.3, 0.4) is 0 Å². The third kappa shape index (κ3) is 1.85. The van der Waals surface area contributed by atoms with Gasteiger partial charge in [0.1, 0.15) is 6.23 Å². The van der Waals surface area contributed by atoms with E-state index in [1.54, 1.807) is 6.08 Å². The molecule has 0 spiro atoms. The fourth-order valence-electron chi connectivity index (χ4n) is 1.27. The number of hydrogen-bond donors (Lipinski definition) is 3. The number of hydrogen-bond acceptors (Lipinski definition) is 4. The SMILES string of the molecule is OC1C=Cc2cc(SS)ccc2N1. The quantitative estimate of drug-likeness (QED) is 0.492. The Labute approximate surface area is 85.9 Å². The van der Waals surface area contributed by atoms with Crippen LogP contribution in [0.4, 0.5) is 5.69 Å². The molecule has 0 saturated heterocycles. The van der Waals surface area contributed by atoms with Crippen LogP contribution in [0.2, 0.25) is 0 Å². The van der Waals surface area contributed by atoms with Crippen molar-refractivity contribution in [3.05, 3.63) is 29.8 Å². The van der Waals surface area contributed by atoms with Gasteiger partial charge in [-0.15, -0.1) is 11.7 Å². The fraction of sp³-hybridized carbons (Fsp3) is 0.111. The van der Waals surface area contributed by atoms with E-state index in [4.69, 9.17) is 0 Å². The lowest BCUT2D eigenvalue weighted by molar-refractivity contribution is 0.252. The standard InChI is InChI=1S/C9H9NOS2/c11-9-4-1-6-5-7(13-12)2-3-8(6)10-9/h1-5,9-12H. The Morgan fingerprint density at radius 3 is 3.08 bits per heavy atom. The first-order valence-corrected chi connectivity index (χ1v) is 5.75. The van der Waals surface area contributed by atoms with Gasteiger partial charge >= 0.3 is 0 Å². The average Bonchev–Trinajstić information content (AvgIpc) is 2.17. The second-order valence-corrected chi connectivity index (χ2v) is 3.99. The van der Waals surface area contributed by atoms with Crippen LogP contribution in [-0.2, 0) is 0 Å². The van der Waals surface area contributed by atoms with Gasteiger partial charge in [0.05, 0.1) is 0 Å². The van der Waals surface area contributed by atoms with Crippen molar-refractivity contribution in [2.24, 2.45) is 0 Å². The number of aliphatic hydroxyl groups excluding tert-OH is 1. The zero-order chi connectivity index (χ0) is 9.26. The normalized spacial score (nSPS) is 19.4. The summed E-state index contributed by atoms with van der Waals surface area (Å²) in [6.45, 7) is 0. The molecule has 1 aromatic carbocycles. The van der Waals surface area contributed by atoms with Crippen molar-refractivity contribution in [1.82, 2.24) is 0 Å². The van der Waals surface area contributed by atoms with E-state index < -0.39 is 6.23 Å². The molecule has 13 heavy (non-hydrogen) atoms. The maximum absolute atomic E-state index is 9.26. The van der Waals surface area contributed by atoms with E-state index in [9.17, 15) is 5.11 Å². The lowest BCUT2D eigenvalue weighted by Gasteiger charge is -2.18. The highest BCUT2D eigenvalue weighted by atomic mass is 33.1. The zero-order valence-corrected chi connectivity index (χ0v) is 8.48. The van der Waals surface area contributed by atoms with Crippen LogP contribution < -0.4 is 5.32 Å². The molecule has 1 atom stereocenters. The summed E-state index contributed by atoms with van der Waals surface area (Å²) in [7, 11) is 1.41. The number of fused-ring (bicyclic) bond motifs is 1. The molecule has 0 aliphatic carbocycles. The van der Waals surface area contributed by atoms with Gasteiger partial charge in [-0.3, -0.25) is 0 Å². The van der Waals surface area contributed by atoms with Gasteiger partial charge in [0, 0.05) is 10.6 Å². The molecule has 2 nitrogen and oxygen atoms in total. The van der Waals surface area contributed by atoms with Crippen molar-refractivity contribution in [2.45, 2.75) is 11.1 Å². The van der Waals surface area contributed by atoms with Gasteiger partial charge in [-0.2, -0.15) is 0 Å². The van der Waals surface area contributed by atoms with E-state index in [1.807, 2.05) is 24.3 Å². The molecule has 1 aromatic rings. The second kappa shape index (κ2) is 3.65. The Morgan fingerprint density at radius 1 is 1.46 bits per heavy atom. The van der Waals surface area contributed by atoms with Gasteiger partial charge < -0.3 is 10.4 Å². The van der Waals surface area contributed by atoms with Crippen molar-refractivity contribution < 1.29 is 5.11 Å². The Hall–Kier alpha value is -0.580. The van der Waals surface area contributed by atoms with E-state index in [0.29, 0.717) is 0 Å². The number of benzene rings is 1.